The second-order valence-corrected chi connectivity index (χ2v) is 3.88. The van der Waals surface area contributed by atoms with Crippen molar-refractivity contribution in [1.82, 2.24) is 0 Å². The standard InChI is InChI=1S/C11H16FNO2/c1-11(2,13)9-7(12)5-6-8(14-3)10(9)15-4/h5-6H,13H2,1-4H3. The number of halogens is 1. The van der Waals surface area contributed by atoms with Crippen LogP contribution in [0.15, 0.2) is 12.1 Å². The fraction of sp³-hybridized carbons (Fsp3) is 0.455. The molecule has 1 aromatic rings. The molecule has 0 aliphatic carbocycles. The molecule has 84 valence electrons. The van der Waals surface area contributed by atoms with Gasteiger partial charge in [-0.1, -0.05) is 0 Å². The molecule has 0 aliphatic heterocycles. The number of rotatable bonds is 3. The van der Waals surface area contributed by atoms with Gasteiger partial charge < -0.3 is 15.2 Å². The van der Waals surface area contributed by atoms with Gasteiger partial charge in [0.1, 0.15) is 5.82 Å². The van der Waals surface area contributed by atoms with Gasteiger partial charge >= 0.3 is 0 Å². The van der Waals surface area contributed by atoms with Crippen molar-refractivity contribution in [2.75, 3.05) is 14.2 Å². The molecule has 0 saturated heterocycles. The van der Waals surface area contributed by atoms with Gasteiger partial charge in [-0.05, 0) is 26.0 Å². The van der Waals surface area contributed by atoms with E-state index in [1.807, 2.05) is 0 Å². The quantitative estimate of drug-likeness (QED) is 0.835. The van der Waals surface area contributed by atoms with Crippen molar-refractivity contribution in [3.05, 3.63) is 23.5 Å². The van der Waals surface area contributed by atoms with Crippen LogP contribution in [0.25, 0.3) is 0 Å². The molecule has 2 N–H and O–H groups in total. The summed E-state index contributed by atoms with van der Waals surface area (Å²) in [4.78, 5) is 0. The smallest absolute Gasteiger partial charge is 0.168 e. The van der Waals surface area contributed by atoms with Crippen LogP contribution in [0, 0.1) is 5.82 Å². The third-order valence-electron chi connectivity index (χ3n) is 2.14. The first-order valence-corrected chi connectivity index (χ1v) is 4.61. The van der Waals surface area contributed by atoms with Crippen LogP contribution in [0.4, 0.5) is 4.39 Å². The highest BCUT2D eigenvalue weighted by Gasteiger charge is 2.26. The summed E-state index contributed by atoms with van der Waals surface area (Å²) in [5.41, 5.74) is 5.39. The zero-order chi connectivity index (χ0) is 11.6. The van der Waals surface area contributed by atoms with Crippen LogP contribution in [0.2, 0.25) is 0 Å². The third-order valence-corrected chi connectivity index (χ3v) is 2.14. The molecule has 0 heterocycles. The van der Waals surface area contributed by atoms with Gasteiger partial charge in [0.25, 0.3) is 0 Å². The van der Waals surface area contributed by atoms with Crippen molar-refractivity contribution in [3.63, 3.8) is 0 Å². The summed E-state index contributed by atoms with van der Waals surface area (Å²) < 4.78 is 23.8. The van der Waals surface area contributed by atoms with Gasteiger partial charge in [0.05, 0.1) is 19.8 Å². The largest absolute Gasteiger partial charge is 0.493 e. The minimum atomic E-state index is -0.816. The highest BCUT2D eigenvalue weighted by molar-refractivity contribution is 5.50. The predicted octanol–water partition coefficient (Wildman–Crippen LogP) is 2.04. The minimum absolute atomic E-state index is 0.323. The van der Waals surface area contributed by atoms with Crippen LogP contribution in [0.5, 0.6) is 11.5 Å². The molecular formula is C11H16FNO2. The van der Waals surface area contributed by atoms with E-state index in [0.29, 0.717) is 17.1 Å². The summed E-state index contributed by atoms with van der Waals surface area (Å²) in [6.07, 6.45) is 0. The molecule has 0 amide bonds. The van der Waals surface area contributed by atoms with Gasteiger partial charge in [-0.25, -0.2) is 4.39 Å². The SMILES string of the molecule is COc1ccc(F)c(C(C)(C)N)c1OC. The molecule has 0 fully saturated rings. The van der Waals surface area contributed by atoms with E-state index >= 15 is 0 Å². The number of benzene rings is 1. The van der Waals surface area contributed by atoms with Gasteiger partial charge in [0.15, 0.2) is 11.5 Å². The predicted molar refractivity (Wildman–Crippen MR) is 56.7 cm³/mol. The monoisotopic (exact) mass is 213 g/mol. The summed E-state index contributed by atoms with van der Waals surface area (Å²) in [7, 11) is 2.97. The van der Waals surface area contributed by atoms with Crippen molar-refractivity contribution in [1.29, 1.82) is 0 Å². The van der Waals surface area contributed by atoms with Crippen LogP contribution >= 0.6 is 0 Å². The summed E-state index contributed by atoms with van der Waals surface area (Å²) >= 11 is 0. The first-order chi connectivity index (χ1) is 6.91. The lowest BCUT2D eigenvalue weighted by molar-refractivity contribution is 0.337. The summed E-state index contributed by atoms with van der Waals surface area (Å²) in [6, 6.07) is 2.84. The van der Waals surface area contributed by atoms with E-state index in [2.05, 4.69) is 0 Å². The first kappa shape index (κ1) is 11.8. The number of hydrogen-bond donors (Lipinski definition) is 1. The average Bonchev–Trinajstić information content (AvgIpc) is 2.15. The van der Waals surface area contributed by atoms with Gasteiger partial charge in [0.2, 0.25) is 0 Å². The highest BCUT2D eigenvalue weighted by Crippen LogP contribution is 2.37. The number of ether oxygens (including phenoxy) is 2. The van der Waals surface area contributed by atoms with Crippen molar-refractivity contribution in [2.24, 2.45) is 5.73 Å². The van der Waals surface area contributed by atoms with Gasteiger partial charge in [0, 0.05) is 5.54 Å². The molecule has 1 aromatic carbocycles. The maximum absolute atomic E-state index is 13.6. The van der Waals surface area contributed by atoms with E-state index in [9.17, 15) is 4.39 Å². The van der Waals surface area contributed by atoms with Crippen LogP contribution in [0.1, 0.15) is 19.4 Å². The van der Waals surface area contributed by atoms with Crippen LogP contribution in [-0.2, 0) is 5.54 Å². The van der Waals surface area contributed by atoms with Crippen LogP contribution < -0.4 is 15.2 Å². The lowest BCUT2D eigenvalue weighted by atomic mass is 9.93. The lowest BCUT2D eigenvalue weighted by Crippen LogP contribution is -2.30. The normalized spacial score (nSPS) is 11.3. The Morgan fingerprint density at radius 3 is 2.20 bits per heavy atom. The third kappa shape index (κ3) is 2.21. The molecule has 0 atom stereocenters. The maximum Gasteiger partial charge on any atom is 0.168 e. The minimum Gasteiger partial charge on any atom is -0.493 e. The average molecular weight is 213 g/mol. The molecule has 0 spiro atoms. The molecular weight excluding hydrogens is 197 g/mol. The molecule has 4 heteroatoms. The Balaban J connectivity index is 3.46. The molecule has 1 rings (SSSR count). The van der Waals surface area contributed by atoms with Crippen molar-refractivity contribution < 1.29 is 13.9 Å². The Morgan fingerprint density at radius 1 is 1.20 bits per heavy atom. The van der Waals surface area contributed by atoms with Crippen molar-refractivity contribution in [2.45, 2.75) is 19.4 Å². The van der Waals surface area contributed by atoms with E-state index in [1.54, 1.807) is 13.8 Å². The van der Waals surface area contributed by atoms with Gasteiger partial charge in [-0.15, -0.1) is 0 Å². The Labute approximate surface area is 89.0 Å². The van der Waals surface area contributed by atoms with Gasteiger partial charge in [-0.3, -0.25) is 0 Å². The fourth-order valence-corrected chi connectivity index (χ4v) is 1.50. The van der Waals surface area contributed by atoms with E-state index in [0.717, 1.165) is 0 Å². The molecule has 0 bridgehead atoms. The Hall–Kier alpha value is -1.29. The topological polar surface area (TPSA) is 44.5 Å². The molecule has 0 aromatic heterocycles. The van der Waals surface area contributed by atoms with E-state index in [4.69, 9.17) is 15.2 Å². The zero-order valence-corrected chi connectivity index (χ0v) is 9.43. The number of hydrogen-bond acceptors (Lipinski definition) is 3. The second kappa shape index (κ2) is 4.06. The molecule has 3 nitrogen and oxygen atoms in total. The van der Waals surface area contributed by atoms with Crippen LogP contribution in [0.3, 0.4) is 0 Å². The molecule has 0 saturated carbocycles. The highest BCUT2D eigenvalue weighted by atomic mass is 19.1. The Morgan fingerprint density at radius 2 is 1.80 bits per heavy atom. The first-order valence-electron chi connectivity index (χ1n) is 4.61. The number of nitrogens with two attached hydrogens (primary N) is 1. The van der Waals surface area contributed by atoms with Crippen molar-refractivity contribution >= 4 is 0 Å². The molecule has 15 heavy (non-hydrogen) atoms. The van der Waals surface area contributed by atoms with Crippen molar-refractivity contribution in [3.8, 4) is 11.5 Å². The summed E-state index contributed by atoms with van der Waals surface area (Å²) in [6.45, 7) is 3.43. The summed E-state index contributed by atoms with van der Waals surface area (Å²) in [5.74, 6) is 0.442. The summed E-state index contributed by atoms with van der Waals surface area (Å²) in [5, 5.41) is 0. The fourth-order valence-electron chi connectivity index (χ4n) is 1.50. The van der Waals surface area contributed by atoms with E-state index in [1.165, 1.54) is 26.4 Å². The Kier molecular flexibility index (Phi) is 3.19. The molecule has 0 unspecified atom stereocenters. The van der Waals surface area contributed by atoms with Gasteiger partial charge in [-0.2, -0.15) is 0 Å². The lowest BCUT2D eigenvalue weighted by Gasteiger charge is -2.23. The Bertz CT molecular complexity index is 358. The van der Waals surface area contributed by atoms with E-state index < -0.39 is 5.54 Å². The second-order valence-electron chi connectivity index (χ2n) is 3.88. The number of methoxy groups -OCH3 is 2. The molecule has 0 radical (unpaired) electrons. The maximum atomic E-state index is 13.6. The van der Waals surface area contributed by atoms with E-state index in [-0.39, 0.29) is 5.82 Å². The van der Waals surface area contributed by atoms with Crippen LogP contribution in [-0.4, -0.2) is 14.2 Å². The molecule has 0 aliphatic rings. The zero-order valence-electron chi connectivity index (χ0n) is 9.43.